The molecule has 0 aliphatic heterocycles. The van der Waals surface area contributed by atoms with Crippen LogP contribution in [0.5, 0.6) is 0 Å². The van der Waals surface area contributed by atoms with E-state index in [1.807, 2.05) is 0 Å². The molecule has 0 atom stereocenters. The number of aryl methyl sites for hydroxylation is 1. The maximum absolute atomic E-state index is 12.8. The molecular weight excluding hydrogens is 311 g/mol. The fraction of sp³-hybridized carbons (Fsp3) is 0.267. The number of carbonyl (C=O) groups is 1. The molecule has 2 aromatic rings. The van der Waals surface area contributed by atoms with Gasteiger partial charge in [0.15, 0.2) is 0 Å². The standard InChI is InChI=1S/C15H14F3N3O2/c1-9-20-12(7-13(21-9)19-8-14(22)23-2)10-4-3-5-11(6-10)15(16,17)18/h3-7H,8H2,1-2H3,(H,19,20,21). The molecule has 0 aliphatic rings. The van der Waals surface area contributed by atoms with E-state index in [2.05, 4.69) is 20.0 Å². The van der Waals surface area contributed by atoms with E-state index < -0.39 is 17.7 Å². The summed E-state index contributed by atoms with van der Waals surface area (Å²) in [6.45, 7) is 1.51. The summed E-state index contributed by atoms with van der Waals surface area (Å²) >= 11 is 0. The Morgan fingerprint density at radius 3 is 2.65 bits per heavy atom. The zero-order chi connectivity index (χ0) is 17.0. The highest BCUT2D eigenvalue weighted by Crippen LogP contribution is 2.32. The van der Waals surface area contributed by atoms with Crippen molar-refractivity contribution in [3.05, 3.63) is 41.7 Å². The van der Waals surface area contributed by atoms with Crippen LogP contribution in [-0.4, -0.2) is 29.6 Å². The Bertz CT molecular complexity index is 717. The molecule has 0 saturated heterocycles. The van der Waals surface area contributed by atoms with Crippen LogP contribution in [0.3, 0.4) is 0 Å². The molecule has 1 heterocycles. The third-order valence-electron chi connectivity index (χ3n) is 2.97. The van der Waals surface area contributed by atoms with Crippen molar-refractivity contribution in [2.75, 3.05) is 19.0 Å². The Labute approximate surface area is 130 Å². The van der Waals surface area contributed by atoms with Crippen LogP contribution in [0.4, 0.5) is 19.0 Å². The van der Waals surface area contributed by atoms with Crippen molar-refractivity contribution in [3.8, 4) is 11.3 Å². The lowest BCUT2D eigenvalue weighted by Crippen LogP contribution is -2.16. The molecule has 122 valence electrons. The molecule has 1 N–H and O–H groups in total. The lowest BCUT2D eigenvalue weighted by Gasteiger charge is -2.10. The molecule has 0 amide bonds. The number of methoxy groups -OCH3 is 1. The molecule has 0 saturated carbocycles. The largest absolute Gasteiger partial charge is 0.468 e. The molecule has 0 unspecified atom stereocenters. The zero-order valence-corrected chi connectivity index (χ0v) is 12.4. The van der Waals surface area contributed by atoms with E-state index in [0.29, 0.717) is 22.9 Å². The summed E-state index contributed by atoms with van der Waals surface area (Å²) in [5, 5.41) is 2.74. The Morgan fingerprint density at radius 2 is 2.00 bits per heavy atom. The second kappa shape index (κ2) is 6.64. The van der Waals surface area contributed by atoms with Crippen molar-refractivity contribution in [2.45, 2.75) is 13.1 Å². The molecule has 1 aromatic heterocycles. The molecular formula is C15H14F3N3O2. The summed E-state index contributed by atoms with van der Waals surface area (Å²) in [7, 11) is 1.25. The monoisotopic (exact) mass is 325 g/mol. The average molecular weight is 325 g/mol. The van der Waals surface area contributed by atoms with E-state index in [-0.39, 0.29) is 6.54 Å². The summed E-state index contributed by atoms with van der Waals surface area (Å²) in [5.74, 6) is 0.212. The first kappa shape index (κ1) is 16.7. The van der Waals surface area contributed by atoms with Gasteiger partial charge in [-0.05, 0) is 19.1 Å². The number of alkyl halides is 3. The molecule has 0 aliphatic carbocycles. The Balaban J connectivity index is 2.33. The van der Waals surface area contributed by atoms with E-state index >= 15 is 0 Å². The number of ether oxygens (including phenoxy) is 1. The number of nitrogens with one attached hydrogen (secondary N) is 1. The molecule has 0 fully saturated rings. The molecule has 1 aromatic carbocycles. The second-order valence-corrected chi connectivity index (χ2v) is 4.69. The van der Waals surface area contributed by atoms with Crippen molar-refractivity contribution in [1.29, 1.82) is 0 Å². The van der Waals surface area contributed by atoms with Gasteiger partial charge >= 0.3 is 12.1 Å². The molecule has 0 bridgehead atoms. The van der Waals surface area contributed by atoms with E-state index in [1.165, 1.54) is 25.3 Å². The maximum Gasteiger partial charge on any atom is 0.416 e. The Morgan fingerprint density at radius 1 is 1.26 bits per heavy atom. The van der Waals surface area contributed by atoms with Gasteiger partial charge in [-0.25, -0.2) is 9.97 Å². The van der Waals surface area contributed by atoms with Gasteiger partial charge in [0.05, 0.1) is 18.4 Å². The van der Waals surface area contributed by atoms with Crippen molar-refractivity contribution >= 4 is 11.8 Å². The van der Waals surface area contributed by atoms with Crippen LogP contribution in [-0.2, 0) is 15.7 Å². The summed E-state index contributed by atoms with van der Waals surface area (Å²) in [6, 6.07) is 6.34. The molecule has 8 heteroatoms. The van der Waals surface area contributed by atoms with Crippen molar-refractivity contribution in [3.63, 3.8) is 0 Å². The van der Waals surface area contributed by atoms with Gasteiger partial charge in [-0.3, -0.25) is 4.79 Å². The number of hydrogen-bond donors (Lipinski definition) is 1. The quantitative estimate of drug-likeness (QED) is 0.875. The predicted molar refractivity (Wildman–Crippen MR) is 77.7 cm³/mol. The van der Waals surface area contributed by atoms with Gasteiger partial charge in [0.25, 0.3) is 0 Å². The van der Waals surface area contributed by atoms with Crippen molar-refractivity contribution < 1.29 is 22.7 Å². The van der Waals surface area contributed by atoms with Crippen LogP contribution in [0.15, 0.2) is 30.3 Å². The highest BCUT2D eigenvalue weighted by molar-refractivity contribution is 5.75. The van der Waals surface area contributed by atoms with Crippen LogP contribution in [0.25, 0.3) is 11.3 Å². The second-order valence-electron chi connectivity index (χ2n) is 4.69. The lowest BCUT2D eigenvalue weighted by atomic mass is 10.1. The van der Waals surface area contributed by atoms with Crippen molar-refractivity contribution in [2.24, 2.45) is 0 Å². The topological polar surface area (TPSA) is 64.1 Å². The van der Waals surface area contributed by atoms with E-state index in [9.17, 15) is 18.0 Å². The van der Waals surface area contributed by atoms with E-state index in [1.54, 1.807) is 6.92 Å². The number of halogens is 3. The first-order valence-corrected chi connectivity index (χ1v) is 6.63. The SMILES string of the molecule is COC(=O)CNc1cc(-c2cccc(C(F)(F)F)c2)nc(C)n1. The van der Waals surface area contributed by atoms with Crippen LogP contribution in [0.2, 0.25) is 0 Å². The Hall–Kier alpha value is -2.64. The van der Waals surface area contributed by atoms with Crippen LogP contribution in [0.1, 0.15) is 11.4 Å². The average Bonchev–Trinajstić information content (AvgIpc) is 2.51. The molecule has 5 nitrogen and oxygen atoms in total. The predicted octanol–water partition coefficient (Wildman–Crippen LogP) is 3.06. The summed E-state index contributed by atoms with van der Waals surface area (Å²) in [6.07, 6.45) is -4.43. The number of rotatable bonds is 4. The minimum atomic E-state index is -4.43. The van der Waals surface area contributed by atoms with E-state index in [0.717, 1.165) is 12.1 Å². The molecule has 0 radical (unpaired) electrons. The fourth-order valence-electron chi connectivity index (χ4n) is 1.90. The summed E-state index contributed by atoms with van der Waals surface area (Å²) in [4.78, 5) is 19.4. The first-order chi connectivity index (χ1) is 10.8. The van der Waals surface area contributed by atoms with Gasteiger partial charge in [0.2, 0.25) is 0 Å². The summed E-state index contributed by atoms with van der Waals surface area (Å²) in [5.41, 5.74) is -0.113. The summed E-state index contributed by atoms with van der Waals surface area (Å²) < 4.78 is 42.9. The molecule has 23 heavy (non-hydrogen) atoms. The third-order valence-corrected chi connectivity index (χ3v) is 2.97. The number of esters is 1. The van der Waals surface area contributed by atoms with E-state index in [4.69, 9.17) is 0 Å². The normalized spacial score (nSPS) is 11.2. The van der Waals surface area contributed by atoms with Crippen molar-refractivity contribution in [1.82, 2.24) is 9.97 Å². The maximum atomic E-state index is 12.8. The number of hydrogen-bond acceptors (Lipinski definition) is 5. The molecule has 0 spiro atoms. The minimum absolute atomic E-state index is 0.102. The van der Waals surface area contributed by atoms with Crippen LogP contribution < -0.4 is 5.32 Å². The number of nitrogens with zero attached hydrogens (tertiary/aromatic N) is 2. The number of carbonyl (C=O) groups excluding carboxylic acids is 1. The number of anilines is 1. The van der Waals surface area contributed by atoms with Gasteiger partial charge in [0.1, 0.15) is 18.2 Å². The fourth-order valence-corrected chi connectivity index (χ4v) is 1.90. The van der Waals surface area contributed by atoms with Gasteiger partial charge in [-0.1, -0.05) is 12.1 Å². The smallest absolute Gasteiger partial charge is 0.416 e. The van der Waals surface area contributed by atoms with Gasteiger partial charge < -0.3 is 10.1 Å². The van der Waals surface area contributed by atoms with Crippen LogP contribution in [0, 0.1) is 6.92 Å². The lowest BCUT2D eigenvalue weighted by molar-refractivity contribution is -0.139. The zero-order valence-electron chi connectivity index (χ0n) is 12.4. The highest BCUT2D eigenvalue weighted by atomic mass is 19.4. The molecule has 2 rings (SSSR count). The third kappa shape index (κ3) is 4.41. The van der Waals surface area contributed by atoms with Gasteiger partial charge in [0, 0.05) is 11.6 Å². The number of benzene rings is 1. The Kier molecular flexibility index (Phi) is 4.83. The van der Waals surface area contributed by atoms with Gasteiger partial charge in [-0.15, -0.1) is 0 Å². The minimum Gasteiger partial charge on any atom is -0.468 e. The van der Waals surface area contributed by atoms with Crippen LogP contribution >= 0.6 is 0 Å². The first-order valence-electron chi connectivity index (χ1n) is 6.63. The van der Waals surface area contributed by atoms with Gasteiger partial charge in [-0.2, -0.15) is 13.2 Å². The number of aromatic nitrogens is 2. The highest BCUT2D eigenvalue weighted by Gasteiger charge is 2.30.